The summed E-state index contributed by atoms with van der Waals surface area (Å²) < 4.78 is 11.5. The molecule has 4 heteroatoms. The Morgan fingerprint density at radius 1 is 1.33 bits per heavy atom. The Morgan fingerprint density at radius 3 is 2.73 bits per heavy atom. The maximum absolute atomic E-state index is 11.5. The highest BCUT2D eigenvalue weighted by Gasteiger charge is 2.09. The summed E-state index contributed by atoms with van der Waals surface area (Å²) in [4.78, 5) is 5.02. The monoisotopic (exact) mass is 220 g/mol. The van der Waals surface area contributed by atoms with E-state index in [1.807, 2.05) is 31.3 Å². The highest BCUT2D eigenvalue weighted by Crippen LogP contribution is 2.26. The molecule has 0 fully saturated rings. The second-order valence-corrected chi connectivity index (χ2v) is 4.57. The molecule has 78 valence electrons. The molecular weight excluding hydrogens is 208 g/mol. The van der Waals surface area contributed by atoms with Crippen molar-refractivity contribution < 1.29 is 4.21 Å². The van der Waals surface area contributed by atoms with Gasteiger partial charge < -0.3 is 5.32 Å². The average molecular weight is 220 g/mol. The number of pyridine rings is 1. The fraction of sp³-hybridized carbons (Fsp3) is 0.182. The quantitative estimate of drug-likeness (QED) is 0.841. The minimum Gasteiger partial charge on any atom is -0.387 e. The van der Waals surface area contributed by atoms with Gasteiger partial charge >= 0.3 is 0 Å². The molecule has 0 spiro atoms. The van der Waals surface area contributed by atoms with E-state index in [4.69, 9.17) is 0 Å². The summed E-state index contributed by atoms with van der Waals surface area (Å²) in [5.74, 6) is 0. The second kappa shape index (κ2) is 3.98. The fourth-order valence-electron chi connectivity index (χ4n) is 1.60. The molecule has 3 nitrogen and oxygen atoms in total. The number of aromatic nitrogens is 1. The molecule has 0 aliphatic rings. The first kappa shape index (κ1) is 10.1. The Balaban J connectivity index is 2.81. The molecule has 1 N–H and O–H groups in total. The summed E-state index contributed by atoms with van der Waals surface area (Å²) in [5, 5.41) is 4.09. The van der Waals surface area contributed by atoms with Crippen LogP contribution in [0.4, 0.5) is 5.69 Å². The van der Waals surface area contributed by atoms with Gasteiger partial charge in [-0.15, -0.1) is 0 Å². The lowest BCUT2D eigenvalue weighted by atomic mass is 10.2. The molecule has 1 atom stereocenters. The zero-order chi connectivity index (χ0) is 10.8. The minimum atomic E-state index is -1.02. The number of anilines is 1. The van der Waals surface area contributed by atoms with Gasteiger partial charge in [0.1, 0.15) is 0 Å². The zero-order valence-corrected chi connectivity index (χ0v) is 9.47. The summed E-state index contributed by atoms with van der Waals surface area (Å²) in [7, 11) is 0.810. The van der Waals surface area contributed by atoms with Gasteiger partial charge in [-0.3, -0.25) is 9.19 Å². The maximum atomic E-state index is 11.5. The molecule has 1 aromatic carbocycles. The molecule has 0 radical (unpaired) electrons. The third-order valence-electron chi connectivity index (χ3n) is 2.30. The first-order valence-electron chi connectivity index (χ1n) is 4.63. The van der Waals surface area contributed by atoms with Gasteiger partial charge in [-0.2, -0.15) is 0 Å². The van der Waals surface area contributed by atoms with Crippen molar-refractivity contribution in [2.45, 2.75) is 4.90 Å². The summed E-state index contributed by atoms with van der Waals surface area (Å²) in [5.41, 5.74) is 1.82. The first-order chi connectivity index (χ1) is 7.24. The van der Waals surface area contributed by atoms with Crippen LogP contribution in [0.3, 0.4) is 0 Å². The lowest BCUT2D eigenvalue weighted by Gasteiger charge is -2.09. The number of hydrogen-bond acceptors (Lipinski definition) is 3. The van der Waals surface area contributed by atoms with Crippen molar-refractivity contribution in [1.82, 2.24) is 4.98 Å². The van der Waals surface area contributed by atoms with Crippen molar-refractivity contribution in [2.75, 3.05) is 18.6 Å². The van der Waals surface area contributed by atoms with Gasteiger partial charge in [-0.05, 0) is 6.07 Å². The smallest absolute Gasteiger partial charge is 0.0806 e. The lowest BCUT2D eigenvalue weighted by molar-refractivity contribution is 0.687. The maximum Gasteiger partial charge on any atom is 0.0806 e. The Labute approximate surface area is 91.0 Å². The molecule has 0 bridgehead atoms. The molecule has 15 heavy (non-hydrogen) atoms. The van der Waals surface area contributed by atoms with Gasteiger partial charge in [0.25, 0.3) is 0 Å². The molecular formula is C11H12N2OS. The van der Waals surface area contributed by atoms with Gasteiger partial charge in [-0.25, -0.2) is 0 Å². The standard InChI is InChI=1S/C11H12N2OS/c1-12-11-8-5-3-4-6-9(8)13-7-10(11)15(2)14/h3-7H,1-2H3,(H,12,13). The van der Waals surface area contributed by atoms with E-state index in [-0.39, 0.29) is 0 Å². The van der Waals surface area contributed by atoms with Crippen LogP contribution in [0.25, 0.3) is 10.9 Å². The molecule has 1 aromatic heterocycles. The third-order valence-corrected chi connectivity index (χ3v) is 3.23. The van der Waals surface area contributed by atoms with Gasteiger partial charge in [0.05, 0.1) is 26.9 Å². The highest BCUT2D eigenvalue weighted by atomic mass is 32.2. The summed E-state index contributed by atoms with van der Waals surface area (Å²) in [6.45, 7) is 0. The first-order valence-corrected chi connectivity index (χ1v) is 6.18. The molecule has 0 saturated heterocycles. The summed E-state index contributed by atoms with van der Waals surface area (Å²) in [6.07, 6.45) is 3.33. The van der Waals surface area contributed by atoms with Crippen molar-refractivity contribution in [3.8, 4) is 0 Å². The fourth-order valence-corrected chi connectivity index (χ4v) is 2.30. The van der Waals surface area contributed by atoms with Crippen LogP contribution in [-0.2, 0) is 10.8 Å². The predicted octanol–water partition coefficient (Wildman–Crippen LogP) is 2.01. The molecule has 1 unspecified atom stereocenters. The highest BCUT2D eigenvalue weighted by molar-refractivity contribution is 7.84. The second-order valence-electron chi connectivity index (χ2n) is 3.22. The number of para-hydroxylation sites is 1. The van der Waals surface area contributed by atoms with Crippen LogP contribution in [-0.4, -0.2) is 22.5 Å². The number of hydrogen-bond donors (Lipinski definition) is 1. The number of nitrogens with zero attached hydrogens (tertiary/aromatic N) is 1. The van der Waals surface area contributed by atoms with Crippen LogP contribution < -0.4 is 5.32 Å². The van der Waals surface area contributed by atoms with E-state index in [0.29, 0.717) is 0 Å². The van der Waals surface area contributed by atoms with E-state index in [0.717, 1.165) is 21.5 Å². The van der Waals surface area contributed by atoms with Gasteiger partial charge in [0.2, 0.25) is 0 Å². The van der Waals surface area contributed by atoms with Gasteiger partial charge in [-0.1, -0.05) is 18.2 Å². The molecule has 0 saturated carbocycles. The Morgan fingerprint density at radius 2 is 2.07 bits per heavy atom. The van der Waals surface area contributed by atoms with Crippen molar-refractivity contribution in [3.63, 3.8) is 0 Å². The number of rotatable bonds is 2. The van der Waals surface area contributed by atoms with E-state index in [9.17, 15) is 4.21 Å². The predicted molar refractivity (Wildman–Crippen MR) is 63.6 cm³/mol. The van der Waals surface area contributed by atoms with Crippen LogP contribution in [0.5, 0.6) is 0 Å². The number of nitrogens with one attached hydrogen (secondary N) is 1. The Hall–Kier alpha value is -1.42. The average Bonchev–Trinajstić information content (AvgIpc) is 2.27. The molecule has 2 aromatic rings. The summed E-state index contributed by atoms with van der Waals surface area (Å²) >= 11 is 0. The van der Waals surface area contributed by atoms with Crippen molar-refractivity contribution in [1.29, 1.82) is 0 Å². The van der Waals surface area contributed by atoms with Crippen LogP contribution in [0.2, 0.25) is 0 Å². The van der Waals surface area contributed by atoms with Crippen LogP contribution in [0.15, 0.2) is 35.4 Å². The van der Waals surface area contributed by atoms with Crippen molar-refractivity contribution in [2.24, 2.45) is 0 Å². The Bertz CT molecular complexity index is 525. The lowest BCUT2D eigenvalue weighted by Crippen LogP contribution is -1.99. The normalized spacial score (nSPS) is 12.7. The SMILES string of the molecule is CNc1c(S(C)=O)cnc2ccccc12. The van der Waals surface area contributed by atoms with E-state index in [1.165, 1.54) is 0 Å². The summed E-state index contributed by atoms with van der Waals surface area (Å²) in [6, 6.07) is 7.81. The molecule has 0 aliphatic heterocycles. The van der Waals surface area contributed by atoms with Gasteiger partial charge in [0, 0.05) is 24.9 Å². The van der Waals surface area contributed by atoms with Gasteiger partial charge in [0.15, 0.2) is 0 Å². The van der Waals surface area contributed by atoms with E-state index in [2.05, 4.69) is 10.3 Å². The molecule has 1 heterocycles. The molecule has 0 amide bonds. The zero-order valence-electron chi connectivity index (χ0n) is 8.65. The topological polar surface area (TPSA) is 42.0 Å². The van der Waals surface area contributed by atoms with Crippen molar-refractivity contribution in [3.05, 3.63) is 30.5 Å². The third kappa shape index (κ3) is 1.72. The number of fused-ring (bicyclic) bond motifs is 1. The van der Waals surface area contributed by atoms with Crippen LogP contribution in [0, 0.1) is 0 Å². The van der Waals surface area contributed by atoms with Crippen LogP contribution in [0.1, 0.15) is 0 Å². The van der Waals surface area contributed by atoms with E-state index in [1.54, 1.807) is 12.5 Å². The van der Waals surface area contributed by atoms with Crippen molar-refractivity contribution >= 4 is 27.4 Å². The number of benzene rings is 1. The minimum absolute atomic E-state index is 0.746. The molecule has 2 rings (SSSR count). The van der Waals surface area contributed by atoms with E-state index >= 15 is 0 Å². The van der Waals surface area contributed by atoms with E-state index < -0.39 is 10.8 Å². The van der Waals surface area contributed by atoms with Crippen LogP contribution >= 0.6 is 0 Å². The molecule has 0 aliphatic carbocycles. The Kier molecular flexibility index (Phi) is 2.68. The largest absolute Gasteiger partial charge is 0.387 e.